The van der Waals surface area contributed by atoms with Gasteiger partial charge in [-0.1, -0.05) is 30.3 Å². The number of hydrogen-bond acceptors (Lipinski definition) is 11. The van der Waals surface area contributed by atoms with Crippen LogP contribution in [0.15, 0.2) is 54.6 Å². The highest BCUT2D eigenvalue weighted by molar-refractivity contribution is 7.85. The molecule has 202 valence electrons. The number of ether oxygens (including phenoxy) is 5. The van der Waals surface area contributed by atoms with E-state index in [9.17, 15) is 18.0 Å². The van der Waals surface area contributed by atoms with Gasteiger partial charge in [0.1, 0.15) is 36.2 Å². The number of pyridine rings is 1. The van der Waals surface area contributed by atoms with E-state index < -0.39 is 28.7 Å². The standard InChI is InChI=1S/C26H27NO10S/c1-32-22-12-20(35-16-24(28)34-3)13-23(33-2)25(22)18-10-19(15-37-38(4,30)31)27-21(11-18)26(29)36-14-17-8-6-5-7-9-17/h5-13H,14-16H2,1-4H3. The van der Waals surface area contributed by atoms with E-state index in [1.165, 1.54) is 45.6 Å². The number of methoxy groups -OCH3 is 3. The SMILES string of the molecule is COC(=O)COc1cc(OC)c(-c2cc(COS(C)(=O)=O)nc(C(=O)OCc3ccccc3)c2)c(OC)c1. The van der Waals surface area contributed by atoms with E-state index in [0.717, 1.165) is 11.8 Å². The Morgan fingerprint density at radius 2 is 1.55 bits per heavy atom. The number of esters is 2. The minimum Gasteiger partial charge on any atom is -0.496 e. The summed E-state index contributed by atoms with van der Waals surface area (Å²) in [5.41, 5.74) is 1.67. The smallest absolute Gasteiger partial charge is 0.357 e. The summed E-state index contributed by atoms with van der Waals surface area (Å²) in [6, 6.07) is 15.2. The third-order valence-corrected chi connectivity index (χ3v) is 5.62. The quantitative estimate of drug-likeness (QED) is 0.245. The Bertz CT molecular complexity index is 1370. The molecular weight excluding hydrogens is 518 g/mol. The second kappa shape index (κ2) is 12.9. The molecule has 0 aliphatic carbocycles. The fourth-order valence-corrected chi connectivity index (χ4v) is 3.67. The molecular formula is C26H27NO10S. The van der Waals surface area contributed by atoms with Gasteiger partial charge in [0.05, 0.1) is 38.8 Å². The molecule has 12 heteroatoms. The third kappa shape index (κ3) is 7.92. The van der Waals surface area contributed by atoms with Gasteiger partial charge in [-0.25, -0.2) is 14.6 Å². The summed E-state index contributed by atoms with van der Waals surface area (Å²) in [5, 5.41) is 0. The molecule has 11 nitrogen and oxygen atoms in total. The normalized spacial score (nSPS) is 10.9. The first-order valence-corrected chi connectivity index (χ1v) is 13.0. The van der Waals surface area contributed by atoms with Crippen molar-refractivity contribution in [1.29, 1.82) is 0 Å². The van der Waals surface area contributed by atoms with Crippen LogP contribution in [0.5, 0.6) is 17.2 Å². The molecule has 0 fully saturated rings. The molecule has 0 unspecified atom stereocenters. The minimum absolute atomic E-state index is 0.0135. The summed E-state index contributed by atoms with van der Waals surface area (Å²) in [6.45, 7) is -0.738. The van der Waals surface area contributed by atoms with Gasteiger partial charge in [0.15, 0.2) is 6.61 Å². The van der Waals surface area contributed by atoms with Crippen molar-refractivity contribution in [3.05, 3.63) is 71.5 Å². The van der Waals surface area contributed by atoms with Crippen LogP contribution in [0, 0.1) is 0 Å². The Hall–Kier alpha value is -4.16. The summed E-state index contributed by atoms with van der Waals surface area (Å²) in [7, 11) is 0.303. The topological polar surface area (TPSA) is 137 Å². The molecule has 2 aromatic carbocycles. The molecule has 1 aromatic heterocycles. The summed E-state index contributed by atoms with van der Waals surface area (Å²) in [4.78, 5) is 28.6. The Labute approximate surface area is 220 Å². The number of aromatic nitrogens is 1. The number of hydrogen-bond donors (Lipinski definition) is 0. The molecule has 0 radical (unpaired) electrons. The van der Waals surface area contributed by atoms with Gasteiger partial charge in [-0.3, -0.25) is 4.18 Å². The van der Waals surface area contributed by atoms with Gasteiger partial charge in [0, 0.05) is 12.1 Å². The Balaban J connectivity index is 2.03. The minimum atomic E-state index is -3.79. The molecule has 0 spiro atoms. The molecule has 1 heterocycles. The molecule has 0 bridgehead atoms. The number of benzene rings is 2. The zero-order valence-corrected chi connectivity index (χ0v) is 22.1. The fourth-order valence-electron chi connectivity index (χ4n) is 3.33. The van der Waals surface area contributed by atoms with Gasteiger partial charge >= 0.3 is 11.9 Å². The number of carbonyl (C=O) groups excluding carboxylic acids is 2. The average molecular weight is 546 g/mol. The maximum Gasteiger partial charge on any atom is 0.357 e. The van der Waals surface area contributed by atoms with Crippen LogP contribution in [-0.4, -0.2) is 59.5 Å². The second-order valence-corrected chi connectivity index (χ2v) is 9.47. The second-order valence-electron chi connectivity index (χ2n) is 7.83. The van der Waals surface area contributed by atoms with Crippen molar-refractivity contribution in [1.82, 2.24) is 4.98 Å². The van der Waals surface area contributed by atoms with Crippen LogP contribution in [0.25, 0.3) is 11.1 Å². The van der Waals surface area contributed by atoms with Gasteiger partial charge in [-0.15, -0.1) is 0 Å². The summed E-state index contributed by atoms with van der Waals surface area (Å²) in [5.74, 6) is -0.462. The van der Waals surface area contributed by atoms with Crippen LogP contribution < -0.4 is 14.2 Å². The number of nitrogens with zero attached hydrogens (tertiary/aromatic N) is 1. The maximum absolute atomic E-state index is 12.9. The van der Waals surface area contributed by atoms with Crippen LogP contribution in [-0.2, 0) is 41.8 Å². The van der Waals surface area contributed by atoms with Crippen LogP contribution >= 0.6 is 0 Å². The number of rotatable bonds is 12. The summed E-state index contributed by atoms with van der Waals surface area (Å²) in [6.07, 6.45) is 0.908. The van der Waals surface area contributed by atoms with Gasteiger partial charge in [-0.05, 0) is 23.3 Å². The number of carbonyl (C=O) groups is 2. The Morgan fingerprint density at radius 3 is 2.13 bits per heavy atom. The van der Waals surface area contributed by atoms with Gasteiger partial charge in [0.2, 0.25) is 0 Å². The van der Waals surface area contributed by atoms with E-state index in [1.807, 2.05) is 30.3 Å². The molecule has 0 atom stereocenters. The molecule has 0 saturated carbocycles. The van der Waals surface area contributed by atoms with Crippen molar-refractivity contribution in [2.24, 2.45) is 0 Å². The van der Waals surface area contributed by atoms with Crippen LogP contribution in [0.3, 0.4) is 0 Å². The summed E-state index contributed by atoms with van der Waals surface area (Å²) >= 11 is 0. The van der Waals surface area contributed by atoms with Gasteiger partial charge in [0.25, 0.3) is 10.1 Å². The first-order valence-electron chi connectivity index (χ1n) is 11.2. The molecule has 0 aliphatic heterocycles. The molecule has 0 amide bonds. The van der Waals surface area contributed by atoms with E-state index in [2.05, 4.69) is 9.72 Å². The van der Waals surface area contributed by atoms with E-state index in [4.69, 9.17) is 23.1 Å². The molecule has 0 N–H and O–H groups in total. The first-order chi connectivity index (χ1) is 18.1. The van der Waals surface area contributed by atoms with E-state index in [0.29, 0.717) is 11.1 Å². The zero-order valence-electron chi connectivity index (χ0n) is 21.3. The van der Waals surface area contributed by atoms with Gasteiger partial charge in [-0.2, -0.15) is 8.42 Å². The molecule has 38 heavy (non-hydrogen) atoms. The van der Waals surface area contributed by atoms with E-state index in [1.54, 1.807) is 0 Å². The van der Waals surface area contributed by atoms with E-state index in [-0.39, 0.29) is 41.9 Å². The van der Waals surface area contributed by atoms with E-state index >= 15 is 0 Å². The largest absolute Gasteiger partial charge is 0.496 e. The lowest BCUT2D eigenvalue weighted by Gasteiger charge is -2.17. The maximum atomic E-state index is 12.9. The van der Waals surface area contributed by atoms with Crippen LogP contribution in [0.4, 0.5) is 0 Å². The van der Waals surface area contributed by atoms with Crippen molar-refractivity contribution in [3.8, 4) is 28.4 Å². The lowest BCUT2D eigenvalue weighted by atomic mass is 10.0. The van der Waals surface area contributed by atoms with Crippen molar-refractivity contribution >= 4 is 22.1 Å². The molecule has 3 rings (SSSR count). The van der Waals surface area contributed by atoms with Crippen molar-refractivity contribution in [2.75, 3.05) is 34.2 Å². The molecule has 0 aliphatic rings. The van der Waals surface area contributed by atoms with Crippen LogP contribution in [0.2, 0.25) is 0 Å². The van der Waals surface area contributed by atoms with Gasteiger partial charge < -0.3 is 23.7 Å². The predicted octanol–water partition coefficient (Wildman–Crippen LogP) is 3.15. The summed E-state index contributed by atoms with van der Waals surface area (Å²) < 4.78 is 54.6. The molecule has 3 aromatic rings. The monoisotopic (exact) mass is 545 g/mol. The highest BCUT2D eigenvalue weighted by atomic mass is 32.2. The van der Waals surface area contributed by atoms with Crippen molar-refractivity contribution in [3.63, 3.8) is 0 Å². The zero-order chi connectivity index (χ0) is 27.7. The lowest BCUT2D eigenvalue weighted by Crippen LogP contribution is -2.13. The van der Waals surface area contributed by atoms with Crippen LogP contribution in [0.1, 0.15) is 21.7 Å². The Morgan fingerprint density at radius 1 is 0.895 bits per heavy atom. The predicted molar refractivity (Wildman–Crippen MR) is 135 cm³/mol. The highest BCUT2D eigenvalue weighted by Crippen LogP contribution is 2.42. The van der Waals surface area contributed by atoms with Crippen molar-refractivity contribution < 1.29 is 45.9 Å². The first kappa shape index (κ1) is 28.4. The molecule has 0 saturated heterocycles. The fraction of sp³-hybridized carbons (Fsp3) is 0.269. The highest BCUT2D eigenvalue weighted by Gasteiger charge is 2.21. The van der Waals surface area contributed by atoms with Crippen molar-refractivity contribution in [2.45, 2.75) is 13.2 Å². The Kier molecular flexibility index (Phi) is 9.63. The lowest BCUT2D eigenvalue weighted by molar-refractivity contribution is -0.142. The third-order valence-electron chi connectivity index (χ3n) is 5.07. The average Bonchev–Trinajstić information content (AvgIpc) is 2.92.